The molecule has 0 fully saturated rings. The van der Waals surface area contributed by atoms with Crippen LogP contribution in [0.4, 0.5) is 4.39 Å². The van der Waals surface area contributed by atoms with Crippen LogP contribution in [0.5, 0.6) is 0 Å². The van der Waals surface area contributed by atoms with E-state index >= 15 is 0 Å². The monoisotopic (exact) mass is 283 g/mol. The SMILES string of the molecule is C#CC(CC)NC(=O)c1cccc(Br)c1F. The van der Waals surface area contributed by atoms with Gasteiger partial charge in [0, 0.05) is 0 Å². The van der Waals surface area contributed by atoms with E-state index in [1.807, 2.05) is 6.92 Å². The number of halogens is 2. The van der Waals surface area contributed by atoms with E-state index in [9.17, 15) is 9.18 Å². The molecule has 1 unspecified atom stereocenters. The van der Waals surface area contributed by atoms with E-state index in [4.69, 9.17) is 6.42 Å². The number of rotatable bonds is 3. The van der Waals surface area contributed by atoms with Crippen LogP contribution in [0.3, 0.4) is 0 Å². The van der Waals surface area contributed by atoms with Crippen LogP contribution in [0.1, 0.15) is 23.7 Å². The quantitative estimate of drug-likeness (QED) is 0.850. The first-order valence-electron chi connectivity index (χ1n) is 4.81. The van der Waals surface area contributed by atoms with E-state index < -0.39 is 11.7 Å². The van der Waals surface area contributed by atoms with Gasteiger partial charge in [0.15, 0.2) is 0 Å². The van der Waals surface area contributed by atoms with Gasteiger partial charge in [0.1, 0.15) is 5.82 Å². The molecule has 1 N–H and O–H groups in total. The summed E-state index contributed by atoms with van der Waals surface area (Å²) in [5, 5.41) is 2.56. The molecule has 84 valence electrons. The van der Waals surface area contributed by atoms with Crippen LogP contribution in [0.25, 0.3) is 0 Å². The van der Waals surface area contributed by atoms with E-state index in [1.54, 1.807) is 6.07 Å². The van der Waals surface area contributed by atoms with Crippen LogP contribution in [0.2, 0.25) is 0 Å². The fourth-order valence-corrected chi connectivity index (χ4v) is 1.54. The third-order valence-corrected chi connectivity index (χ3v) is 2.72. The first-order valence-corrected chi connectivity index (χ1v) is 5.60. The van der Waals surface area contributed by atoms with Gasteiger partial charge < -0.3 is 5.32 Å². The number of hydrogen-bond acceptors (Lipinski definition) is 1. The molecule has 0 heterocycles. The van der Waals surface area contributed by atoms with Gasteiger partial charge in [-0.3, -0.25) is 4.79 Å². The highest BCUT2D eigenvalue weighted by atomic mass is 79.9. The smallest absolute Gasteiger partial charge is 0.255 e. The third-order valence-electron chi connectivity index (χ3n) is 2.11. The van der Waals surface area contributed by atoms with E-state index in [2.05, 4.69) is 27.2 Å². The summed E-state index contributed by atoms with van der Waals surface area (Å²) in [5.74, 6) is 1.35. The van der Waals surface area contributed by atoms with Gasteiger partial charge in [-0.25, -0.2) is 4.39 Å². The molecule has 0 aliphatic rings. The lowest BCUT2D eigenvalue weighted by atomic mass is 10.1. The van der Waals surface area contributed by atoms with Crippen LogP contribution < -0.4 is 5.32 Å². The Morgan fingerprint density at radius 1 is 1.69 bits per heavy atom. The van der Waals surface area contributed by atoms with Crippen molar-refractivity contribution >= 4 is 21.8 Å². The molecule has 0 aromatic heterocycles. The summed E-state index contributed by atoms with van der Waals surface area (Å²) in [7, 11) is 0. The van der Waals surface area contributed by atoms with Crippen LogP contribution in [0.15, 0.2) is 22.7 Å². The summed E-state index contributed by atoms with van der Waals surface area (Å²) in [4.78, 5) is 11.7. The molecule has 0 spiro atoms. The molecule has 0 saturated carbocycles. The maximum absolute atomic E-state index is 13.6. The molecule has 1 amide bonds. The Hall–Kier alpha value is -1.34. The lowest BCUT2D eigenvalue weighted by molar-refractivity contribution is 0.0941. The van der Waals surface area contributed by atoms with E-state index in [0.29, 0.717) is 6.42 Å². The molecule has 0 aliphatic carbocycles. The minimum absolute atomic E-state index is 0.0110. The van der Waals surface area contributed by atoms with Crippen molar-refractivity contribution in [2.75, 3.05) is 0 Å². The Bertz CT molecular complexity index is 439. The number of hydrogen-bond donors (Lipinski definition) is 1. The van der Waals surface area contributed by atoms with Gasteiger partial charge in [-0.2, -0.15) is 0 Å². The second kappa shape index (κ2) is 5.66. The van der Waals surface area contributed by atoms with E-state index in [1.165, 1.54) is 12.1 Å². The predicted octanol–water partition coefficient (Wildman–Crippen LogP) is 2.73. The Morgan fingerprint density at radius 3 is 2.94 bits per heavy atom. The molecule has 4 heteroatoms. The van der Waals surface area contributed by atoms with Crippen molar-refractivity contribution in [3.05, 3.63) is 34.1 Å². The number of terminal acetylenes is 1. The topological polar surface area (TPSA) is 29.1 Å². The van der Waals surface area contributed by atoms with E-state index in [0.717, 1.165) is 0 Å². The zero-order valence-corrected chi connectivity index (χ0v) is 10.3. The van der Waals surface area contributed by atoms with Crippen molar-refractivity contribution in [1.82, 2.24) is 5.32 Å². The summed E-state index contributed by atoms with van der Waals surface area (Å²) in [5.41, 5.74) is -0.0110. The molecule has 1 aromatic carbocycles. The highest BCUT2D eigenvalue weighted by Gasteiger charge is 2.15. The summed E-state index contributed by atoms with van der Waals surface area (Å²) in [6.45, 7) is 1.85. The van der Waals surface area contributed by atoms with Gasteiger partial charge in [-0.05, 0) is 34.5 Å². The third kappa shape index (κ3) is 2.83. The average molecular weight is 284 g/mol. The van der Waals surface area contributed by atoms with E-state index in [-0.39, 0.29) is 16.1 Å². The second-order valence-corrected chi connectivity index (χ2v) is 4.06. The van der Waals surface area contributed by atoms with Crippen molar-refractivity contribution in [1.29, 1.82) is 0 Å². The van der Waals surface area contributed by atoms with Crippen molar-refractivity contribution in [3.63, 3.8) is 0 Å². The van der Waals surface area contributed by atoms with Crippen molar-refractivity contribution in [2.24, 2.45) is 0 Å². The van der Waals surface area contributed by atoms with Crippen LogP contribution in [0, 0.1) is 18.2 Å². The molecule has 16 heavy (non-hydrogen) atoms. The zero-order valence-electron chi connectivity index (χ0n) is 8.76. The summed E-state index contributed by atoms with van der Waals surface area (Å²) < 4.78 is 13.8. The molecular weight excluding hydrogens is 273 g/mol. The fourth-order valence-electron chi connectivity index (χ4n) is 1.18. The number of carbonyl (C=O) groups is 1. The Labute approximate surface area is 102 Å². The normalized spacial score (nSPS) is 11.6. The molecule has 1 rings (SSSR count). The molecule has 0 radical (unpaired) electrons. The first-order chi connectivity index (χ1) is 7.60. The van der Waals surface area contributed by atoms with Crippen molar-refractivity contribution in [3.8, 4) is 12.3 Å². The lowest BCUT2D eigenvalue weighted by Crippen LogP contribution is -2.33. The molecule has 2 nitrogen and oxygen atoms in total. The number of benzene rings is 1. The van der Waals surface area contributed by atoms with Crippen LogP contribution in [-0.2, 0) is 0 Å². The maximum atomic E-state index is 13.6. The van der Waals surface area contributed by atoms with Gasteiger partial charge in [0.2, 0.25) is 0 Å². The minimum atomic E-state index is -0.577. The van der Waals surface area contributed by atoms with Crippen LogP contribution >= 0.6 is 15.9 Å². The van der Waals surface area contributed by atoms with Gasteiger partial charge in [-0.15, -0.1) is 6.42 Å². The number of carbonyl (C=O) groups excluding carboxylic acids is 1. The molecule has 0 bridgehead atoms. The summed E-state index contributed by atoms with van der Waals surface area (Å²) in [6, 6.07) is 4.17. The van der Waals surface area contributed by atoms with Gasteiger partial charge in [-0.1, -0.05) is 18.9 Å². The summed E-state index contributed by atoms with van der Waals surface area (Å²) >= 11 is 3.02. The molecule has 0 aliphatic heterocycles. The Morgan fingerprint density at radius 2 is 2.38 bits per heavy atom. The molecule has 0 saturated heterocycles. The van der Waals surface area contributed by atoms with Gasteiger partial charge >= 0.3 is 0 Å². The lowest BCUT2D eigenvalue weighted by Gasteiger charge is -2.11. The van der Waals surface area contributed by atoms with Crippen LogP contribution in [-0.4, -0.2) is 11.9 Å². The predicted molar refractivity (Wildman–Crippen MR) is 64.5 cm³/mol. The summed E-state index contributed by atoms with van der Waals surface area (Å²) in [6.07, 6.45) is 5.82. The maximum Gasteiger partial charge on any atom is 0.255 e. The highest BCUT2D eigenvalue weighted by Crippen LogP contribution is 2.18. The highest BCUT2D eigenvalue weighted by molar-refractivity contribution is 9.10. The van der Waals surface area contributed by atoms with Crippen molar-refractivity contribution in [2.45, 2.75) is 19.4 Å². The van der Waals surface area contributed by atoms with Gasteiger partial charge in [0.05, 0.1) is 16.1 Å². The second-order valence-electron chi connectivity index (χ2n) is 3.20. The molecule has 1 atom stereocenters. The van der Waals surface area contributed by atoms with Crippen molar-refractivity contribution < 1.29 is 9.18 Å². The Kier molecular flexibility index (Phi) is 4.51. The Balaban J connectivity index is 2.90. The molecular formula is C12H11BrFNO. The van der Waals surface area contributed by atoms with Gasteiger partial charge in [0.25, 0.3) is 5.91 Å². The zero-order chi connectivity index (χ0) is 12.1. The number of nitrogens with one attached hydrogen (secondary N) is 1. The standard InChI is InChI=1S/C12H11BrFNO/c1-3-8(4-2)15-12(16)9-6-5-7-10(13)11(9)14/h1,5-8H,4H2,2H3,(H,15,16). The number of amides is 1. The minimum Gasteiger partial charge on any atom is -0.338 e. The average Bonchev–Trinajstić information content (AvgIpc) is 2.29. The largest absolute Gasteiger partial charge is 0.338 e. The first kappa shape index (κ1) is 12.7. The molecule has 1 aromatic rings. The fraction of sp³-hybridized carbons (Fsp3) is 0.250.